The monoisotopic (exact) mass is 428 g/mol. The second-order valence-electron chi connectivity index (χ2n) is 6.42. The summed E-state index contributed by atoms with van der Waals surface area (Å²) < 4.78 is 32.3. The van der Waals surface area contributed by atoms with Crippen LogP contribution in [0.4, 0.5) is 5.69 Å². The SMILES string of the molecule is CN(CC(=O)Nc1cccc(OC2CCCC2)c1)S(=O)(=O)c1ccc(Cl)s1. The van der Waals surface area contributed by atoms with Gasteiger partial charge in [0.25, 0.3) is 10.0 Å². The lowest BCUT2D eigenvalue weighted by atomic mass is 10.2. The highest BCUT2D eigenvalue weighted by molar-refractivity contribution is 7.91. The Labute approximate surface area is 168 Å². The van der Waals surface area contributed by atoms with E-state index < -0.39 is 15.9 Å². The zero-order valence-corrected chi connectivity index (χ0v) is 17.2. The molecule has 1 amide bonds. The highest BCUT2D eigenvalue weighted by Crippen LogP contribution is 2.28. The molecule has 1 N–H and O–H groups in total. The number of likely N-dealkylation sites (N-methyl/N-ethyl adjacent to an activating group) is 1. The van der Waals surface area contributed by atoms with Crippen molar-refractivity contribution in [2.24, 2.45) is 0 Å². The van der Waals surface area contributed by atoms with Crippen molar-refractivity contribution in [2.75, 3.05) is 18.9 Å². The number of benzene rings is 1. The number of ether oxygens (including phenoxy) is 1. The quantitative estimate of drug-likeness (QED) is 0.723. The number of halogens is 1. The van der Waals surface area contributed by atoms with E-state index in [1.165, 1.54) is 32.0 Å². The first kappa shape index (κ1) is 20.1. The van der Waals surface area contributed by atoms with E-state index in [9.17, 15) is 13.2 Å². The van der Waals surface area contributed by atoms with E-state index in [-0.39, 0.29) is 16.9 Å². The maximum absolute atomic E-state index is 12.5. The van der Waals surface area contributed by atoms with Gasteiger partial charge in [0.05, 0.1) is 17.0 Å². The fourth-order valence-electron chi connectivity index (χ4n) is 2.92. The zero-order chi connectivity index (χ0) is 19.4. The summed E-state index contributed by atoms with van der Waals surface area (Å²) in [5.41, 5.74) is 0.570. The van der Waals surface area contributed by atoms with Crippen LogP contribution in [0.3, 0.4) is 0 Å². The molecule has 0 atom stereocenters. The molecule has 146 valence electrons. The number of anilines is 1. The smallest absolute Gasteiger partial charge is 0.252 e. The van der Waals surface area contributed by atoms with Crippen molar-refractivity contribution >= 4 is 44.6 Å². The van der Waals surface area contributed by atoms with Crippen LogP contribution in [0, 0.1) is 0 Å². The second kappa shape index (κ2) is 8.60. The molecule has 0 aliphatic heterocycles. The van der Waals surface area contributed by atoms with Gasteiger partial charge in [0.2, 0.25) is 5.91 Å². The maximum Gasteiger partial charge on any atom is 0.252 e. The third kappa shape index (κ3) is 5.22. The maximum atomic E-state index is 12.5. The van der Waals surface area contributed by atoms with Crippen molar-refractivity contribution in [3.8, 4) is 5.75 Å². The van der Waals surface area contributed by atoms with Gasteiger partial charge in [-0.25, -0.2) is 8.42 Å². The average molecular weight is 429 g/mol. The minimum Gasteiger partial charge on any atom is -0.490 e. The normalized spacial score (nSPS) is 15.2. The fourth-order valence-corrected chi connectivity index (χ4v) is 5.74. The number of nitrogens with one attached hydrogen (secondary N) is 1. The van der Waals surface area contributed by atoms with Crippen LogP contribution in [0.1, 0.15) is 25.7 Å². The van der Waals surface area contributed by atoms with Gasteiger partial charge in [-0.05, 0) is 49.9 Å². The van der Waals surface area contributed by atoms with E-state index in [2.05, 4.69) is 5.32 Å². The largest absolute Gasteiger partial charge is 0.490 e. The van der Waals surface area contributed by atoms with Crippen LogP contribution < -0.4 is 10.1 Å². The van der Waals surface area contributed by atoms with Gasteiger partial charge in [0, 0.05) is 18.8 Å². The Bertz CT molecular complexity index is 908. The van der Waals surface area contributed by atoms with Gasteiger partial charge in [0.15, 0.2) is 0 Å². The molecule has 0 radical (unpaired) electrons. The van der Waals surface area contributed by atoms with Crippen molar-refractivity contribution in [1.29, 1.82) is 0 Å². The molecule has 1 aliphatic carbocycles. The minimum absolute atomic E-state index is 0.106. The predicted molar refractivity (Wildman–Crippen MR) is 107 cm³/mol. The molecular formula is C18H21ClN2O4S2. The summed E-state index contributed by atoms with van der Waals surface area (Å²) in [7, 11) is -2.38. The molecule has 0 spiro atoms. The van der Waals surface area contributed by atoms with E-state index in [1.807, 2.05) is 6.07 Å². The topological polar surface area (TPSA) is 75.7 Å². The lowest BCUT2D eigenvalue weighted by Crippen LogP contribution is -2.34. The van der Waals surface area contributed by atoms with E-state index in [0.717, 1.165) is 28.5 Å². The molecular weight excluding hydrogens is 408 g/mol. The lowest BCUT2D eigenvalue weighted by Gasteiger charge is -2.16. The number of hydrogen-bond donors (Lipinski definition) is 1. The highest BCUT2D eigenvalue weighted by atomic mass is 35.5. The third-order valence-corrected chi connectivity index (χ3v) is 7.80. The number of rotatable bonds is 7. The van der Waals surface area contributed by atoms with Crippen LogP contribution in [0.15, 0.2) is 40.6 Å². The van der Waals surface area contributed by atoms with Crippen molar-refractivity contribution in [2.45, 2.75) is 36.0 Å². The van der Waals surface area contributed by atoms with Gasteiger partial charge in [-0.2, -0.15) is 4.31 Å². The van der Waals surface area contributed by atoms with Crippen molar-refractivity contribution in [3.05, 3.63) is 40.7 Å². The van der Waals surface area contributed by atoms with Crippen LogP contribution >= 0.6 is 22.9 Å². The molecule has 3 rings (SSSR count). The molecule has 1 aromatic heterocycles. The molecule has 1 saturated carbocycles. The van der Waals surface area contributed by atoms with E-state index in [4.69, 9.17) is 16.3 Å². The number of carbonyl (C=O) groups excluding carboxylic acids is 1. The Hall–Kier alpha value is -1.61. The predicted octanol–water partition coefficient (Wildman–Crippen LogP) is 3.98. The fraction of sp³-hybridized carbons (Fsp3) is 0.389. The standard InChI is InChI=1S/C18H21ClN2O4S2/c1-21(27(23,24)18-10-9-16(19)26-18)12-17(22)20-13-5-4-8-15(11-13)25-14-6-2-3-7-14/h4-5,8-11,14H,2-3,6-7,12H2,1H3,(H,20,22). The molecule has 9 heteroatoms. The van der Waals surface area contributed by atoms with Crippen molar-refractivity contribution < 1.29 is 17.9 Å². The highest BCUT2D eigenvalue weighted by Gasteiger charge is 2.25. The molecule has 1 heterocycles. The van der Waals surface area contributed by atoms with Crippen molar-refractivity contribution in [1.82, 2.24) is 4.31 Å². The summed E-state index contributed by atoms with van der Waals surface area (Å²) in [5.74, 6) is 0.274. The first-order valence-electron chi connectivity index (χ1n) is 8.63. The van der Waals surface area contributed by atoms with Gasteiger partial charge in [-0.3, -0.25) is 4.79 Å². The van der Waals surface area contributed by atoms with Gasteiger partial charge >= 0.3 is 0 Å². The Kier molecular flexibility index (Phi) is 6.41. The summed E-state index contributed by atoms with van der Waals surface area (Å²) in [4.78, 5) is 12.3. The van der Waals surface area contributed by atoms with E-state index >= 15 is 0 Å². The average Bonchev–Trinajstić information content (AvgIpc) is 3.27. The van der Waals surface area contributed by atoms with E-state index in [1.54, 1.807) is 18.2 Å². The molecule has 6 nitrogen and oxygen atoms in total. The zero-order valence-electron chi connectivity index (χ0n) is 14.9. The lowest BCUT2D eigenvalue weighted by molar-refractivity contribution is -0.116. The van der Waals surface area contributed by atoms with Gasteiger partial charge in [-0.1, -0.05) is 17.7 Å². The number of hydrogen-bond acceptors (Lipinski definition) is 5. The Morgan fingerprint density at radius 1 is 1.30 bits per heavy atom. The number of thiophene rings is 1. The second-order valence-corrected chi connectivity index (χ2v) is 10.4. The third-order valence-electron chi connectivity index (χ3n) is 4.30. The molecule has 0 unspecified atom stereocenters. The molecule has 1 aromatic carbocycles. The first-order chi connectivity index (χ1) is 12.8. The van der Waals surface area contributed by atoms with E-state index in [0.29, 0.717) is 15.8 Å². The number of nitrogens with zero attached hydrogens (tertiary/aromatic N) is 1. The van der Waals surface area contributed by atoms with Gasteiger partial charge < -0.3 is 10.1 Å². The minimum atomic E-state index is -3.75. The number of sulfonamides is 1. The Morgan fingerprint density at radius 2 is 2.04 bits per heavy atom. The summed E-state index contributed by atoms with van der Waals surface area (Å²) in [6.45, 7) is -0.300. The van der Waals surface area contributed by atoms with Crippen LogP contribution in [0.5, 0.6) is 5.75 Å². The van der Waals surface area contributed by atoms with Crippen LogP contribution in [-0.4, -0.2) is 38.3 Å². The summed E-state index contributed by atoms with van der Waals surface area (Å²) in [5, 5.41) is 2.72. The summed E-state index contributed by atoms with van der Waals surface area (Å²) in [6, 6.07) is 10.1. The number of amides is 1. The molecule has 27 heavy (non-hydrogen) atoms. The van der Waals surface area contributed by atoms with Crippen LogP contribution in [0.2, 0.25) is 4.34 Å². The Balaban J connectivity index is 1.60. The van der Waals surface area contributed by atoms with Gasteiger partial charge in [0.1, 0.15) is 9.96 Å². The number of carbonyl (C=O) groups is 1. The molecule has 1 fully saturated rings. The van der Waals surface area contributed by atoms with Gasteiger partial charge in [-0.15, -0.1) is 11.3 Å². The van der Waals surface area contributed by atoms with Crippen LogP contribution in [-0.2, 0) is 14.8 Å². The van der Waals surface area contributed by atoms with Crippen LogP contribution in [0.25, 0.3) is 0 Å². The summed E-state index contributed by atoms with van der Waals surface area (Å²) >= 11 is 6.76. The summed E-state index contributed by atoms with van der Waals surface area (Å²) in [6.07, 6.45) is 4.68. The Morgan fingerprint density at radius 3 is 2.70 bits per heavy atom. The first-order valence-corrected chi connectivity index (χ1v) is 11.3. The van der Waals surface area contributed by atoms with Crippen molar-refractivity contribution in [3.63, 3.8) is 0 Å². The molecule has 2 aromatic rings. The molecule has 0 bridgehead atoms. The molecule has 1 aliphatic rings. The molecule has 0 saturated heterocycles.